The van der Waals surface area contributed by atoms with Crippen LogP contribution in [0, 0.1) is 11.8 Å². The van der Waals surface area contributed by atoms with E-state index < -0.39 is 17.8 Å². The molecule has 1 heterocycles. The van der Waals surface area contributed by atoms with Crippen molar-refractivity contribution in [1.29, 1.82) is 0 Å². The van der Waals surface area contributed by atoms with E-state index in [9.17, 15) is 15.0 Å². The molecular weight excluding hydrogens is 246 g/mol. The van der Waals surface area contributed by atoms with Crippen LogP contribution in [0.25, 0.3) is 0 Å². The summed E-state index contributed by atoms with van der Waals surface area (Å²) >= 11 is 0. The molecule has 4 atom stereocenters. The van der Waals surface area contributed by atoms with E-state index in [2.05, 4.69) is 0 Å². The summed E-state index contributed by atoms with van der Waals surface area (Å²) in [4.78, 5) is 13.8. The van der Waals surface area contributed by atoms with Crippen molar-refractivity contribution in [3.63, 3.8) is 0 Å². The van der Waals surface area contributed by atoms with Crippen molar-refractivity contribution in [2.24, 2.45) is 11.8 Å². The zero-order chi connectivity index (χ0) is 14.2. The van der Waals surface area contributed by atoms with Crippen LogP contribution in [0.3, 0.4) is 0 Å². The van der Waals surface area contributed by atoms with Crippen LogP contribution in [0.15, 0.2) is 0 Å². The largest absolute Gasteiger partial charge is 0.444 e. The molecule has 2 N–H and O–H groups in total. The van der Waals surface area contributed by atoms with E-state index in [0.29, 0.717) is 31.8 Å². The molecule has 2 rings (SSSR count). The van der Waals surface area contributed by atoms with Crippen LogP contribution in [0.1, 0.15) is 40.0 Å². The molecule has 110 valence electrons. The number of rotatable bonds is 0. The van der Waals surface area contributed by atoms with Gasteiger partial charge in [0.25, 0.3) is 0 Å². The van der Waals surface area contributed by atoms with Crippen molar-refractivity contribution in [2.75, 3.05) is 13.1 Å². The Kier molecular flexibility index (Phi) is 4.06. The Labute approximate surface area is 114 Å². The molecule has 1 saturated heterocycles. The molecule has 0 aromatic carbocycles. The van der Waals surface area contributed by atoms with Crippen molar-refractivity contribution in [2.45, 2.75) is 57.8 Å². The second-order valence-electron chi connectivity index (χ2n) is 6.84. The van der Waals surface area contributed by atoms with Crippen LogP contribution in [0.5, 0.6) is 0 Å². The van der Waals surface area contributed by atoms with Crippen LogP contribution in [0.2, 0.25) is 0 Å². The molecule has 0 radical (unpaired) electrons. The van der Waals surface area contributed by atoms with Crippen LogP contribution in [-0.4, -0.2) is 52.1 Å². The van der Waals surface area contributed by atoms with E-state index in [-0.39, 0.29) is 12.0 Å². The number of amides is 1. The number of hydrogen-bond acceptors (Lipinski definition) is 4. The number of fused-ring (bicyclic) bond motifs is 1. The molecule has 0 bridgehead atoms. The van der Waals surface area contributed by atoms with Crippen molar-refractivity contribution < 1.29 is 19.7 Å². The third-order valence-corrected chi connectivity index (χ3v) is 4.08. The van der Waals surface area contributed by atoms with Crippen LogP contribution in [-0.2, 0) is 4.74 Å². The summed E-state index contributed by atoms with van der Waals surface area (Å²) in [5, 5.41) is 19.4. The maximum absolute atomic E-state index is 12.0. The average molecular weight is 271 g/mol. The van der Waals surface area contributed by atoms with Crippen LogP contribution in [0.4, 0.5) is 4.79 Å². The minimum atomic E-state index is -0.653. The number of hydrogen-bond donors (Lipinski definition) is 2. The Hall–Kier alpha value is -0.810. The monoisotopic (exact) mass is 271 g/mol. The summed E-state index contributed by atoms with van der Waals surface area (Å²) in [6.45, 7) is 6.89. The molecule has 0 aromatic rings. The number of piperidine rings is 1. The fourth-order valence-electron chi connectivity index (χ4n) is 3.08. The van der Waals surface area contributed by atoms with Gasteiger partial charge in [-0.25, -0.2) is 4.79 Å². The fourth-order valence-corrected chi connectivity index (χ4v) is 3.08. The minimum absolute atomic E-state index is 0.272. The third-order valence-electron chi connectivity index (χ3n) is 4.08. The Bertz CT molecular complexity index is 339. The Morgan fingerprint density at radius 1 is 1.16 bits per heavy atom. The van der Waals surface area contributed by atoms with Crippen molar-refractivity contribution in [3.8, 4) is 0 Å². The summed E-state index contributed by atoms with van der Waals surface area (Å²) in [5.41, 5.74) is -0.476. The Morgan fingerprint density at radius 2 is 1.74 bits per heavy atom. The lowest BCUT2D eigenvalue weighted by atomic mass is 9.73. The SMILES string of the molecule is CC(C)(C)OC(=O)N1CCC2CC(O)C(O)CC2C1. The van der Waals surface area contributed by atoms with Gasteiger partial charge in [0.05, 0.1) is 12.2 Å². The van der Waals surface area contributed by atoms with E-state index in [1.165, 1.54) is 0 Å². The predicted molar refractivity (Wildman–Crippen MR) is 70.7 cm³/mol. The molecule has 19 heavy (non-hydrogen) atoms. The highest BCUT2D eigenvalue weighted by molar-refractivity contribution is 5.68. The lowest BCUT2D eigenvalue weighted by Crippen LogP contribution is -2.50. The highest BCUT2D eigenvalue weighted by Crippen LogP contribution is 2.36. The maximum atomic E-state index is 12.0. The average Bonchev–Trinajstić information content (AvgIpc) is 2.27. The summed E-state index contributed by atoms with van der Waals surface area (Å²) < 4.78 is 5.38. The molecule has 1 amide bonds. The van der Waals surface area contributed by atoms with E-state index >= 15 is 0 Å². The van der Waals surface area contributed by atoms with E-state index in [4.69, 9.17) is 4.74 Å². The molecule has 1 aliphatic carbocycles. The number of likely N-dealkylation sites (tertiary alicyclic amines) is 1. The second-order valence-corrected chi connectivity index (χ2v) is 6.84. The van der Waals surface area contributed by atoms with Gasteiger partial charge in [-0.2, -0.15) is 0 Å². The Morgan fingerprint density at radius 3 is 2.32 bits per heavy atom. The number of carbonyl (C=O) groups excluding carboxylic acids is 1. The summed E-state index contributed by atoms with van der Waals surface area (Å²) in [7, 11) is 0. The molecule has 1 saturated carbocycles. The number of nitrogens with zero attached hydrogens (tertiary/aromatic N) is 1. The number of aliphatic hydroxyl groups excluding tert-OH is 2. The van der Waals surface area contributed by atoms with Gasteiger partial charge in [0.1, 0.15) is 5.60 Å². The molecular formula is C14H25NO4. The van der Waals surface area contributed by atoms with Gasteiger partial charge >= 0.3 is 6.09 Å². The van der Waals surface area contributed by atoms with Gasteiger partial charge < -0.3 is 19.8 Å². The lowest BCUT2D eigenvalue weighted by molar-refractivity contribution is -0.0685. The lowest BCUT2D eigenvalue weighted by Gasteiger charge is -2.44. The molecule has 0 spiro atoms. The van der Waals surface area contributed by atoms with Gasteiger partial charge in [-0.3, -0.25) is 0 Å². The molecule has 0 aromatic heterocycles. The highest BCUT2D eigenvalue weighted by atomic mass is 16.6. The standard InChI is InChI=1S/C14H25NO4/c1-14(2,3)19-13(18)15-5-4-9-6-11(16)12(17)7-10(9)8-15/h9-12,16-17H,4-8H2,1-3H3. The quantitative estimate of drug-likeness (QED) is 0.698. The van der Waals surface area contributed by atoms with Gasteiger partial charge in [-0.05, 0) is 51.9 Å². The Balaban J connectivity index is 1.93. The van der Waals surface area contributed by atoms with Crippen molar-refractivity contribution in [1.82, 2.24) is 4.90 Å². The highest BCUT2D eigenvalue weighted by Gasteiger charge is 2.40. The van der Waals surface area contributed by atoms with Gasteiger partial charge in [0.2, 0.25) is 0 Å². The molecule has 5 nitrogen and oxygen atoms in total. The minimum Gasteiger partial charge on any atom is -0.444 e. The summed E-state index contributed by atoms with van der Waals surface area (Å²) in [6, 6.07) is 0. The van der Waals surface area contributed by atoms with E-state index in [1.54, 1.807) is 4.90 Å². The topological polar surface area (TPSA) is 70.0 Å². The predicted octanol–water partition coefficient (Wildman–Crippen LogP) is 1.38. The van der Waals surface area contributed by atoms with Crippen LogP contribution >= 0.6 is 0 Å². The number of carbonyl (C=O) groups is 1. The van der Waals surface area contributed by atoms with Crippen LogP contribution < -0.4 is 0 Å². The molecule has 1 aliphatic heterocycles. The molecule has 2 aliphatic rings. The number of ether oxygens (including phenoxy) is 1. The van der Waals surface area contributed by atoms with E-state index in [1.807, 2.05) is 20.8 Å². The zero-order valence-corrected chi connectivity index (χ0v) is 12.0. The van der Waals surface area contributed by atoms with Crippen molar-refractivity contribution in [3.05, 3.63) is 0 Å². The summed E-state index contributed by atoms with van der Waals surface area (Å²) in [5.74, 6) is 0.691. The van der Waals surface area contributed by atoms with Crippen molar-refractivity contribution >= 4 is 6.09 Å². The van der Waals surface area contributed by atoms with Gasteiger partial charge in [-0.1, -0.05) is 0 Å². The molecule has 2 fully saturated rings. The smallest absolute Gasteiger partial charge is 0.410 e. The second kappa shape index (κ2) is 5.29. The third kappa shape index (κ3) is 3.60. The van der Waals surface area contributed by atoms with Gasteiger partial charge in [0.15, 0.2) is 0 Å². The fraction of sp³-hybridized carbons (Fsp3) is 0.929. The molecule has 5 heteroatoms. The first kappa shape index (κ1) is 14.6. The number of aliphatic hydroxyl groups is 2. The first-order chi connectivity index (χ1) is 8.76. The first-order valence-corrected chi connectivity index (χ1v) is 7.10. The van der Waals surface area contributed by atoms with Gasteiger partial charge in [-0.15, -0.1) is 0 Å². The normalized spacial score (nSPS) is 35.7. The zero-order valence-electron chi connectivity index (χ0n) is 12.0. The van der Waals surface area contributed by atoms with Gasteiger partial charge in [0, 0.05) is 13.1 Å². The maximum Gasteiger partial charge on any atom is 0.410 e. The summed E-state index contributed by atoms with van der Waals surface area (Å²) in [6.07, 6.45) is 0.577. The van der Waals surface area contributed by atoms with E-state index in [0.717, 1.165) is 6.42 Å². The molecule has 4 unspecified atom stereocenters. The first-order valence-electron chi connectivity index (χ1n) is 7.10.